The number of benzene rings is 1. The van der Waals surface area contributed by atoms with E-state index in [1.807, 2.05) is 38.7 Å². The van der Waals surface area contributed by atoms with Crippen molar-refractivity contribution in [3.63, 3.8) is 0 Å². The zero-order valence-electron chi connectivity index (χ0n) is 23.4. The second-order valence-electron chi connectivity index (χ2n) is 10.4. The van der Waals surface area contributed by atoms with Gasteiger partial charge in [-0.25, -0.2) is 19.2 Å². The molecule has 0 radical (unpaired) electrons. The Morgan fingerprint density at radius 3 is 2.56 bits per heavy atom. The van der Waals surface area contributed by atoms with E-state index in [0.717, 1.165) is 5.69 Å². The van der Waals surface area contributed by atoms with Crippen LogP contribution in [0.5, 0.6) is 6.01 Å². The number of carboxylic acid groups (broad SMARTS) is 1. The molecule has 0 spiro atoms. The highest BCUT2D eigenvalue weighted by molar-refractivity contribution is 6.03. The molecule has 0 bridgehead atoms. The quantitative estimate of drug-likeness (QED) is 0.290. The number of ether oxygens (including phenoxy) is 1. The number of hydrogen-bond donors (Lipinski definition) is 3. The summed E-state index contributed by atoms with van der Waals surface area (Å²) in [5, 5.41) is 20.1. The number of pyridine rings is 1. The van der Waals surface area contributed by atoms with Gasteiger partial charge in [-0.2, -0.15) is 10.1 Å². The van der Waals surface area contributed by atoms with E-state index in [4.69, 9.17) is 4.74 Å². The molecule has 0 atom stereocenters. The molecule has 0 saturated carbocycles. The van der Waals surface area contributed by atoms with Gasteiger partial charge < -0.3 is 20.1 Å². The second-order valence-corrected chi connectivity index (χ2v) is 10.4. The van der Waals surface area contributed by atoms with Crippen LogP contribution in [-0.2, 0) is 17.8 Å². The first kappa shape index (κ1) is 27.7. The number of nitrogens with one attached hydrogen (secondary N) is 2. The number of carbonyl (C=O) groups is 2. The summed E-state index contributed by atoms with van der Waals surface area (Å²) in [5.74, 6) is 0.153. The van der Waals surface area contributed by atoms with Crippen LogP contribution in [0.1, 0.15) is 39.1 Å². The summed E-state index contributed by atoms with van der Waals surface area (Å²) in [7, 11) is 0. The number of rotatable bonds is 7. The highest BCUT2D eigenvalue weighted by Crippen LogP contribution is 2.37. The van der Waals surface area contributed by atoms with Crippen LogP contribution in [-0.4, -0.2) is 65.4 Å². The zero-order chi connectivity index (χ0) is 29.4. The van der Waals surface area contributed by atoms with Crippen LogP contribution < -0.4 is 15.4 Å². The molecule has 1 aromatic carbocycles. The maximum atomic E-state index is 15.8. The number of amides is 2. The Labute approximate surface area is 235 Å². The lowest BCUT2D eigenvalue weighted by Crippen LogP contribution is -2.38. The lowest BCUT2D eigenvalue weighted by Gasteiger charge is -2.24. The molecule has 3 N–H and O–H groups in total. The van der Waals surface area contributed by atoms with E-state index in [-0.39, 0.29) is 47.2 Å². The van der Waals surface area contributed by atoms with Gasteiger partial charge in [-0.1, -0.05) is 0 Å². The largest absolute Gasteiger partial charge is 0.465 e. The fraction of sp³-hybridized carbons (Fsp3) is 0.357. The van der Waals surface area contributed by atoms with Crippen molar-refractivity contribution in [1.29, 1.82) is 0 Å². The van der Waals surface area contributed by atoms with Crippen LogP contribution in [0.25, 0.3) is 21.9 Å². The number of aryl methyl sites for hydroxylation is 1. The monoisotopic (exact) mass is 562 g/mol. The Morgan fingerprint density at radius 1 is 1.10 bits per heavy atom. The average molecular weight is 563 g/mol. The topological polar surface area (TPSA) is 147 Å². The van der Waals surface area contributed by atoms with Crippen molar-refractivity contribution >= 4 is 40.1 Å². The Hall–Kier alpha value is -4.81. The van der Waals surface area contributed by atoms with Crippen LogP contribution >= 0.6 is 0 Å². The number of fused-ring (bicyclic) bond motifs is 2. The standard InChI is InChI=1S/C28H31FN8O4/c1-14(2)36-7-6-18-10-23(35-37(18)13-24(36)38)33-22-9-17-8-19(20-11-31-27(32-16(20)5)41-15(3)4)25(29)26(34-28(39)40)21(17)12-30-22/h8-12,14-15,34H,6-7,13H2,1-5H3,(H,39,40)(H,30,33,35). The Kier molecular flexibility index (Phi) is 7.43. The first-order chi connectivity index (χ1) is 19.5. The van der Waals surface area contributed by atoms with E-state index >= 15 is 4.39 Å². The van der Waals surface area contributed by atoms with Gasteiger partial charge in [0.25, 0.3) is 0 Å². The molecule has 1 aliphatic heterocycles. The SMILES string of the molecule is Cc1nc(OC(C)C)ncc1-c1cc2cc(Nc3cc4n(n3)CC(=O)N(C(C)C)CC4)ncc2c(NC(=O)O)c1F. The molecule has 4 heterocycles. The van der Waals surface area contributed by atoms with Crippen molar-refractivity contribution < 1.29 is 23.8 Å². The predicted molar refractivity (Wildman–Crippen MR) is 151 cm³/mol. The van der Waals surface area contributed by atoms with E-state index in [2.05, 4.69) is 30.7 Å². The van der Waals surface area contributed by atoms with E-state index < -0.39 is 11.9 Å². The number of hydrogen-bond acceptors (Lipinski definition) is 8. The first-order valence-corrected chi connectivity index (χ1v) is 13.3. The molecule has 41 heavy (non-hydrogen) atoms. The van der Waals surface area contributed by atoms with Crippen LogP contribution in [0.15, 0.2) is 30.6 Å². The summed E-state index contributed by atoms with van der Waals surface area (Å²) in [4.78, 5) is 38.9. The van der Waals surface area contributed by atoms with Crippen molar-refractivity contribution in [3.05, 3.63) is 47.8 Å². The van der Waals surface area contributed by atoms with Crippen molar-refractivity contribution in [2.45, 2.75) is 59.7 Å². The van der Waals surface area contributed by atoms with Gasteiger partial charge in [-0.05, 0) is 52.1 Å². The summed E-state index contributed by atoms with van der Waals surface area (Å²) < 4.78 is 23.0. The lowest BCUT2D eigenvalue weighted by atomic mass is 9.99. The molecule has 13 heteroatoms. The van der Waals surface area contributed by atoms with E-state index in [1.54, 1.807) is 23.7 Å². The smallest absolute Gasteiger partial charge is 0.409 e. The van der Waals surface area contributed by atoms with Gasteiger partial charge in [0.05, 0.1) is 17.5 Å². The molecule has 0 aliphatic carbocycles. The Balaban J connectivity index is 1.51. The van der Waals surface area contributed by atoms with Crippen molar-refractivity contribution in [1.82, 2.24) is 29.6 Å². The molecule has 214 valence electrons. The minimum atomic E-state index is -1.41. The summed E-state index contributed by atoms with van der Waals surface area (Å²) in [6.45, 7) is 10.1. The van der Waals surface area contributed by atoms with E-state index in [1.165, 1.54) is 12.4 Å². The molecule has 4 aromatic rings. The molecule has 0 fully saturated rings. The van der Waals surface area contributed by atoms with Gasteiger partial charge in [0.1, 0.15) is 12.4 Å². The van der Waals surface area contributed by atoms with Crippen molar-refractivity contribution in [2.24, 2.45) is 0 Å². The normalized spacial score (nSPS) is 13.5. The Morgan fingerprint density at radius 2 is 1.88 bits per heavy atom. The van der Waals surface area contributed by atoms with Gasteiger partial charge in [0, 0.05) is 59.7 Å². The number of halogens is 1. The number of aromatic nitrogens is 5. The van der Waals surface area contributed by atoms with Gasteiger partial charge in [-0.3, -0.25) is 14.8 Å². The summed E-state index contributed by atoms with van der Waals surface area (Å²) in [6, 6.07) is 5.43. The minimum absolute atomic E-state index is 0.00770. The number of anilines is 3. The van der Waals surface area contributed by atoms with Gasteiger partial charge >= 0.3 is 12.1 Å². The van der Waals surface area contributed by atoms with Crippen LogP contribution in [0.3, 0.4) is 0 Å². The highest BCUT2D eigenvalue weighted by atomic mass is 19.1. The van der Waals surface area contributed by atoms with Gasteiger partial charge in [-0.15, -0.1) is 0 Å². The van der Waals surface area contributed by atoms with Crippen molar-refractivity contribution in [3.8, 4) is 17.1 Å². The molecule has 5 rings (SSSR count). The third-order valence-corrected chi connectivity index (χ3v) is 6.74. The molecule has 0 saturated heterocycles. The average Bonchev–Trinajstić information content (AvgIpc) is 3.18. The van der Waals surface area contributed by atoms with Crippen LogP contribution in [0.2, 0.25) is 0 Å². The molecule has 0 unspecified atom stereocenters. The predicted octanol–water partition coefficient (Wildman–Crippen LogP) is 4.75. The third-order valence-electron chi connectivity index (χ3n) is 6.74. The molecular weight excluding hydrogens is 531 g/mol. The molecule has 1 aliphatic rings. The van der Waals surface area contributed by atoms with Crippen LogP contribution in [0.4, 0.5) is 26.5 Å². The first-order valence-electron chi connectivity index (χ1n) is 13.3. The number of carbonyl (C=O) groups excluding carboxylic acids is 1. The third kappa shape index (κ3) is 5.74. The van der Waals surface area contributed by atoms with Crippen LogP contribution in [0, 0.1) is 12.7 Å². The lowest BCUT2D eigenvalue weighted by molar-refractivity contribution is -0.133. The fourth-order valence-corrected chi connectivity index (χ4v) is 4.85. The highest BCUT2D eigenvalue weighted by Gasteiger charge is 2.24. The molecule has 12 nitrogen and oxygen atoms in total. The molecule has 2 amide bonds. The second kappa shape index (κ2) is 11.0. The van der Waals surface area contributed by atoms with Gasteiger partial charge in [0.15, 0.2) is 11.6 Å². The van der Waals surface area contributed by atoms with Gasteiger partial charge in [0.2, 0.25) is 5.91 Å². The summed E-state index contributed by atoms with van der Waals surface area (Å²) in [5.41, 5.74) is 1.66. The molecular formula is C28H31FN8O4. The summed E-state index contributed by atoms with van der Waals surface area (Å²) >= 11 is 0. The maximum absolute atomic E-state index is 15.8. The minimum Gasteiger partial charge on any atom is -0.465 e. The summed E-state index contributed by atoms with van der Waals surface area (Å²) in [6.07, 6.45) is 1.96. The van der Waals surface area contributed by atoms with E-state index in [0.29, 0.717) is 41.2 Å². The fourth-order valence-electron chi connectivity index (χ4n) is 4.85. The maximum Gasteiger partial charge on any atom is 0.409 e. The Bertz CT molecular complexity index is 1650. The van der Waals surface area contributed by atoms with E-state index in [9.17, 15) is 14.7 Å². The zero-order valence-corrected chi connectivity index (χ0v) is 23.4. The molecule has 3 aromatic heterocycles. The van der Waals surface area contributed by atoms with Crippen molar-refractivity contribution in [2.75, 3.05) is 17.2 Å². The number of nitrogens with zero attached hydrogens (tertiary/aromatic N) is 6.